The Balaban J connectivity index is 2.10. The quantitative estimate of drug-likeness (QED) is 0.893. The molecule has 0 saturated heterocycles. The number of amides is 1. The van der Waals surface area contributed by atoms with Crippen molar-refractivity contribution in [1.82, 2.24) is 10.3 Å². The van der Waals surface area contributed by atoms with Gasteiger partial charge in [0.05, 0.1) is 6.04 Å². The summed E-state index contributed by atoms with van der Waals surface area (Å²) in [6.45, 7) is 5.67. The fourth-order valence-corrected chi connectivity index (χ4v) is 2.36. The molecule has 0 aliphatic heterocycles. The van der Waals surface area contributed by atoms with Crippen LogP contribution in [0.15, 0.2) is 15.9 Å². The van der Waals surface area contributed by atoms with Crippen molar-refractivity contribution in [2.24, 2.45) is 0 Å². The summed E-state index contributed by atoms with van der Waals surface area (Å²) in [6, 6.07) is 1.80. The third kappa shape index (κ3) is 2.53. The van der Waals surface area contributed by atoms with Gasteiger partial charge in [-0.15, -0.1) is 11.3 Å². The highest BCUT2D eigenvalue weighted by atomic mass is 32.1. The van der Waals surface area contributed by atoms with Crippen LogP contribution in [0, 0.1) is 13.8 Å². The number of nitrogens with two attached hydrogens (primary N) is 1. The molecule has 3 N–H and O–H groups in total. The number of rotatable bonds is 3. The smallest absolute Gasteiger partial charge is 0.271 e. The second-order valence-electron chi connectivity index (χ2n) is 4.13. The summed E-state index contributed by atoms with van der Waals surface area (Å²) < 4.78 is 5.44. The molecule has 1 amide bonds. The lowest BCUT2D eigenvalue weighted by Crippen LogP contribution is -2.27. The molecule has 0 radical (unpaired) electrons. The standard InChI is InChI=1S/C12H15N3O2S/c1-6-4-9(8(3)17-6)7(2)14-11(16)10-5-18-12(13)15-10/h4-5,7H,1-3H3,(H2,13,15)(H,14,16). The highest BCUT2D eigenvalue weighted by Gasteiger charge is 2.17. The van der Waals surface area contributed by atoms with Crippen molar-refractivity contribution < 1.29 is 9.21 Å². The average molecular weight is 265 g/mol. The number of aromatic nitrogens is 1. The summed E-state index contributed by atoms with van der Waals surface area (Å²) in [6.07, 6.45) is 0. The maximum Gasteiger partial charge on any atom is 0.271 e. The van der Waals surface area contributed by atoms with E-state index in [4.69, 9.17) is 10.2 Å². The number of nitrogens with one attached hydrogen (secondary N) is 1. The van der Waals surface area contributed by atoms with Crippen LogP contribution < -0.4 is 11.1 Å². The Morgan fingerprint density at radius 3 is 2.78 bits per heavy atom. The van der Waals surface area contributed by atoms with Crippen LogP contribution in [0.1, 0.15) is 40.5 Å². The van der Waals surface area contributed by atoms with E-state index in [0.29, 0.717) is 10.8 Å². The van der Waals surface area contributed by atoms with Crippen molar-refractivity contribution in [2.75, 3.05) is 5.73 Å². The molecule has 0 saturated carbocycles. The Hall–Kier alpha value is -1.82. The molecule has 0 aliphatic rings. The predicted molar refractivity (Wildman–Crippen MR) is 70.6 cm³/mol. The first kappa shape index (κ1) is 12.6. The van der Waals surface area contributed by atoms with E-state index in [1.54, 1.807) is 5.38 Å². The highest BCUT2D eigenvalue weighted by molar-refractivity contribution is 7.13. The lowest BCUT2D eigenvalue weighted by Gasteiger charge is -2.11. The number of nitrogens with zero attached hydrogens (tertiary/aromatic N) is 1. The van der Waals surface area contributed by atoms with E-state index in [9.17, 15) is 4.79 Å². The van der Waals surface area contributed by atoms with Gasteiger partial charge in [-0.2, -0.15) is 0 Å². The molecule has 2 rings (SSSR count). The van der Waals surface area contributed by atoms with Gasteiger partial charge in [-0.1, -0.05) is 0 Å². The van der Waals surface area contributed by atoms with Gasteiger partial charge in [0.2, 0.25) is 0 Å². The minimum absolute atomic E-state index is 0.127. The van der Waals surface area contributed by atoms with Gasteiger partial charge >= 0.3 is 0 Å². The van der Waals surface area contributed by atoms with E-state index in [2.05, 4.69) is 10.3 Å². The van der Waals surface area contributed by atoms with E-state index in [-0.39, 0.29) is 11.9 Å². The zero-order valence-electron chi connectivity index (χ0n) is 10.5. The number of carbonyl (C=O) groups excluding carboxylic acids is 1. The summed E-state index contributed by atoms with van der Waals surface area (Å²) >= 11 is 1.25. The Bertz CT molecular complexity index is 574. The van der Waals surface area contributed by atoms with Crippen LogP contribution in [0.5, 0.6) is 0 Å². The molecule has 6 heteroatoms. The molecule has 1 atom stereocenters. The lowest BCUT2D eigenvalue weighted by atomic mass is 10.1. The minimum Gasteiger partial charge on any atom is -0.466 e. The van der Waals surface area contributed by atoms with E-state index >= 15 is 0 Å². The first-order valence-electron chi connectivity index (χ1n) is 5.56. The van der Waals surface area contributed by atoms with Gasteiger partial charge in [-0.3, -0.25) is 4.79 Å². The molecule has 0 aromatic carbocycles. The maximum absolute atomic E-state index is 11.9. The Morgan fingerprint density at radius 2 is 2.28 bits per heavy atom. The fraction of sp³-hybridized carbons (Fsp3) is 0.333. The monoisotopic (exact) mass is 265 g/mol. The van der Waals surface area contributed by atoms with Crippen LogP contribution in [0.25, 0.3) is 0 Å². The normalized spacial score (nSPS) is 12.4. The van der Waals surface area contributed by atoms with Gasteiger partial charge in [0.25, 0.3) is 5.91 Å². The summed E-state index contributed by atoms with van der Waals surface area (Å²) in [5, 5.41) is 4.91. The van der Waals surface area contributed by atoms with Crippen LogP contribution in [-0.4, -0.2) is 10.9 Å². The molecular formula is C12H15N3O2S. The molecule has 0 fully saturated rings. The molecule has 2 heterocycles. The van der Waals surface area contributed by atoms with E-state index < -0.39 is 0 Å². The lowest BCUT2D eigenvalue weighted by molar-refractivity contribution is 0.0935. The molecule has 5 nitrogen and oxygen atoms in total. The number of thiazole rings is 1. The molecule has 2 aromatic heterocycles. The van der Waals surface area contributed by atoms with Crippen LogP contribution in [0.2, 0.25) is 0 Å². The number of hydrogen-bond donors (Lipinski definition) is 2. The van der Waals surface area contributed by atoms with E-state index in [1.807, 2.05) is 26.8 Å². The zero-order valence-corrected chi connectivity index (χ0v) is 11.3. The third-order valence-electron chi connectivity index (χ3n) is 2.65. The number of furan rings is 1. The molecule has 96 valence electrons. The molecule has 2 aromatic rings. The van der Waals surface area contributed by atoms with Crippen molar-refractivity contribution in [2.45, 2.75) is 26.8 Å². The highest BCUT2D eigenvalue weighted by Crippen LogP contribution is 2.21. The second-order valence-corrected chi connectivity index (χ2v) is 5.02. The van der Waals surface area contributed by atoms with Gasteiger partial charge in [0.1, 0.15) is 17.2 Å². The van der Waals surface area contributed by atoms with E-state index in [1.165, 1.54) is 11.3 Å². The number of aryl methyl sites for hydroxylation is 2. The van der Waals surface area contributed by atoms with Gasteiger partial charge in [-0.05, 0) is 26.8 Å². The fourth-order valence-electron chi connectivity index (χ4n) is 1.82. The second kappa shape index (κ2) is 4.81. The largest absolute Gasteiger partial charge is 0.466 e. The summed E-state index contributed by atoms with van der Waals surface area (Å²) in [5.74, 6) is 1.42. The van der Waals surface area contributed by atoms with E-state index in [0.717, 1.165) is 17.1 Å². The van der Waals surface area contributed by atoms with Gasteiger partial charge in [0.15, 0.2) is 5.13 Å². The zero-order chi connectivity index (χ0) is 13.3. The van der Waals surface area contributed by atoms with Gasteiger partial charge in [0, 0.05) is 10.9 Å². The van der Waals surface area contributed by atoms with Gasteiger partial charge < -0.3 is 15.5 Å². The molecular weight excluding hydrogens is 250 g/mol. The Labute approximate surface area is 109 Å². The minimum atomic E-state index is -0.228. The molecule has 0 aliphatic carbocycles. The Morgan fingerprint density at radius 1 is 1.56 bits per heavy atom. The maximum atomic E-state index is 11.9. The number of anilines is 1. The van der Waals surface area contributed by atoms with Crippen molar-refractivity contribution in [1.29, 1.82) is 0 Å². The third-order valence-corrected chi connectivity index (χ3v) is 3.32. The number of nitrogen functional groups attached to an aromatic ring is 1. The number of carbonyl (C=O) groups is 1. The average Bonchev–Trinajstić information content (AvgIpc) is 2.84. The summed E-state index contributed by atoms with van der Waals surface area (Å²) in [7, 11) is 0. The number of hydrogen-bond acceptors (Lipinski definition) is 5. The summed E-state index contributed by atoms with van der Waals surface area (Å²) in [5.41, 5.74) is 6.82. The molecule has 18 heavy (non-hydrogen) atoms. The van der Waals surface area contributed by atoms with Crippen LogP contribution in [-0.2, 0) is 0 Å². The first-order valence-corrected chi connectivity index (χ1v) is 6.44. The summed E-state index contributed by atoms with van der Waals surface area (Å²) in [4.78, 5) is 15.9. The molecule has 1 unspecified atom stereocenters. The van der Waals surface area contributed by atoms with Crippen molar-refractivity contribution in [3.63, 3.8) is 0 Å². The topological polar surface area (TPSA) is 81.2 Å². The first-order chi connectivity index (χ1) is 8.47. The van der Waals surface area contributed by atoms with Crippen LogP contribution in [0.4, 0.5) is 5.13 Å². The SMILES string of the molecule is Cc1cc(C(C)NC(=O)c2csc(N)n2)c(C)o1. The van der Waals surface area contributed by atoms with Crippen molar-refractivity contribution in [3.05, 3.63) is 34.2 Å². The van der Waals surface area contributed by atoms with Gasteiger partial charge in [-0.25, -0.2) is 4.98 Å². The molecule has 0 spiro atoms. The Kier molecular flexibility index (Phi) is 3.38. The van der Waals surface area contributed by atoms with Crippen LogP contribution in [0.3, 0.4) is 0 Å². The predicted octanol–water partition coefficient (Wildman–Crippen LogP) is 2.43. The molecule has 0 bridgehead atoms. The van der Waals surface area contributed by atoms with Crippen molar-refractivity contribution >= 4 is 22.4 Å². The van der Waals surface area contributed by atoms with Crippen molar-refractivity contribution in [3.8, 4) is 0 Å². The van der Waals surface area contributed by atoms with Crippen LogP contribution >= 0.6 is 11.3 Å².